The maximum atomic E-state index is 14.6. The molecule has 3 fully saturated rings. The SMILES string of the molecule is CC[C@H]1OC(=O)[C@H](C)[C@@H](C2C[C@@](C)(OC)[C@@H](O)[C@H](C)O2)[C@H](C)[C@@H](O[C@@H]2O[C@H](C)C[C@H](N(C)CCc3cn(CCCOc4ccc(-c5cncnc5)cc4)nn3)[C@H]2O)[C@](C)(O)C[C@@H](C)CN(C)[C@H](C)[C@@H](O)[C@]1(C)O. The summed E-state index contributed by atoms with van der Waals surface area (Å²) in [6.07, 6.45) is 1.00. The molecule has 3 saturated heterocycles. The van der Waals surface area contributed by atoms with Crippen molar-refractivity contribution in [3.63, 3.8) is 0 Å². The van der Waals surface area contributed by atoms with Gasteiger partial charge < -0.3 is 63.8 Å². The molecule has 0 aliphatic carbocycles. The van der Waals surface area contributed by atoms with Gasteiger partial charge in [-0.1, -0.05) is 45.0 Å². The lowest BCUT2D eigenvalue weighted by Gasteiger charge is -2.51. The van der Waals surface area contributed by atoms with Gasteiger partial charge in [-0.3, -0.25) is 9.48 Å². The molecule has 19 heteroatoms. The molecule has 410 valence electrons. The van der Waals surface area contributed by atoms with Gasteiger partial charge in [0.15, 0.2) is 6.29 Å². The molecule has 5 heterocycles. The summed E-state index contributed by atoms with van der Waals surface area (Å²) in [5.41, 5.74) is -1.69. The molecule has 0 radical (unpaired) electrons. The number of hydrogen-bond donors (Lipinski definition) is 5. The number of methoxy groups -OCH3 is 1. The molecule has 18 atom stereocenters. The molecule has 19 nitrogen and oxygen atoms in total. The number of cyclic esters (lactones) is 1. The summed E-state index contributed by atoms with van der Waals surface area (Å²) in [6.45, 7) is 20.1. The molecule has 3 aromatic rings. The van der Waals surface area contributed by atoms with Gasteiger partial charge in [-0.15, -0.1) is 5.10 Å². The van der Waals surface area contributed by atoms with E-state index in [0.29, 0.717) is 39.1 Å². The first-order chi connectivity index (χ1) is 34.4. The summed E-state index contributed by atoms with van der Waals surface area (Å²) in [5, 5.41) is 68.9. The molecule has 73 heavy (non-hydrogen) atoms. The second-order valence-corrected chi connectivity index (χ2v) is 22.3. The largest absolute Gasteiger partial charge is 0.494 e. The molecule has 0 saturated carbocycles. The van der Waals surface area contributed by atoms with Gasteiger partial charge in [-0.2, -0.15) is 0 Å². The highest BCUT2D eigenvalue weighted by Gasteiger charge is 2.55. The smallest absolute Gasteiger partial charge is 0.309 e. The Morgan fingerprint density at radius 1 is 0.932 bits per heavy atom. The first-order valence-electron chi connectivity index (χ1n) is 26.4. The number of benzene rings is 1. The lowest BCUT2D eigenvalue weighted by Crippen LogP contribution is -2.62. The van der Waals surface area contributed by atoms with Crippen molar-refractivity contribution in [3.05, 3.63) is 54.9 Å². The zero-order valence-corrected chi connectivity index (χ0v) is 45.6. The number of esters is 1. The number of carbonyl (C=O) groups excluding carboxylic acids is 1. The van der Waals surface area contributed by atoms with Crippen molar-refractivity contribution in [2.45, 2.75) is 198 Å². The van der Waals surface area contributed by atoms with Gasteiger partial charge >= 0.3 is 5.97 Å². The fraction of sp³-hybridized carbons (Fsp3) is 0.759. The number of aliphatic hydroxyl groups excluding tert-OH is 3. The third-order valence-corrected chi connectivity index (χ3v) is 16.3. The molecular weight excluding hydrogens is 939 g/mol. The van der Waals surface area contributed by atoms with E-state index in [-0.39, 0.29) is 31.3 Å². The number of aromatic nitrogens is 5. The van der Waals surface area contributed by atoms with E-state index in [1.807, 2.05) is 88.8 Å². The average Bonchev–Trinajstić information content (AvgIpc) is 3.82. The van der Waals surface area contributed by atoms with Crippen LogP contribution in [0.3, 0.4) is 0 Å². The van der Waals surface area contributed by atoms with E-state index in [9.17, 15) is 30.3 Å². The Balaban J connectivity index is 1.19. The normalized spacial score (nSPS) is 38.6. The summed E-state index contributed by atoms with van der Waals surface area (Å²) in [6, 6.07) is 6.88. The third kappa shape index (κ3) is 14.0. The van der Waals surface area contributed by atoms with E-state index in [4.69, 9.17) is 28.4 Å². The quantitative estimate of drug-likeness (QED) is 0.105. The molecule has 6 rings (SSSR count). The first-order valence-corrected chi connectivity index (χ1v) is 26.4. The predicted octanol–water partition coefficient (Wildman–Crippen LogP) is 4.30. The number of aryl methyl sites for hydroxylation is 1. The van der Waals surface area contributed by atoms with Crippen molar-refractivity contribution in [2.24, 2.45) is 23.7 Å². The van der Waals surface area contributed by atoms with E-state index in [1.54, 1.807) is 40.1 Å². The Morgan fingerprint density at radius 3 is 2.27 bits per heavy atom. The predicted molar refractivity (Wildman–Crippen MR) is 273 cm³/mol. The van der Waals surface area contributed by atoms with Gasteiger partial charge in [0.25, 0.3) is 0 Å². The Morgan fingerprint density at radius 2 is 1.62 bits per heavy atom. The van der Waals surface area contributed by atoms with Gasteiger partial charge in [0, 0.05) is 88.2 Å². The van der Waals surface area contributed by atoms with Crippen molar-refractivity contribution < 1.29 is 58.7 Å². The molecule has 0 amide bonds. The fourth-order valence-corrected chi connectivity index (χ4v) is 11.8. The minimum Gasteiger partial charge on any atom is -0.494 e. The molecule has 3 aliphatic heterocycles. The van der Waals surface area contributed by atoms with Gasteiger partial charge in [0.1, 0.15) is 42.1 Å². The van der Waals surface area contributed by atoms with E-state index in [1.165, 1.54) is 20.4 Å². The minimum absolute atomic E-state index is 0.169. The van der Waals surface area contributed by atoms with Crippen LogP contribution in [0.25, 0.3) is 11.1 Å². The van der Waals surface area contributed by atoms with Gasteiger partial charge in [-0.25, -0.2) is 9.97 Å². The van der Waals surface area contributed by atoms with Crippen LogP contribution in [0.5, 0.6) is 5.75 Å². The highest BCUT2D eigenvalue weighted by Crippen LogP contribution is 2.45. The molecule has 2 aromatic heterocycles. The summed E-state index contributed by atoms with van der Waals surface area (Å²) in [7, 11) is 5.35. The van der Waals surface area contributed by atoms with E-state index in [0.717, 1.165) is 29.0 Å². The van der Waals surface area contributed by atoms with Crippen LogP contribution >= 0.6 is 0 Å². The number of aliphatic hydroxyl groups is 5. The van der Waals surface area contributed by atoms with Crippen LogP contribution in [0.1, 0.15) is 107 Å². The number of nitrogens with zero attached hydrogens (tertiary/aromatic N) is 7. The van der Waals surface area contributed by atoms with E-state index in [2.05, 4.69) is 25.2 Å². The Hall–Kier alpha value is -3.73. The van der Waals surface area contributed by atoms with E-state index < -0.39 is 102 Å². The number of hydrogen-bond acceptors (Lipinski definition) is 18. The van der Waals surface area contributed by atoms with Crippen molar-refractivity contribution in [3.8, 4) is 16.9 Å². The molecule has 5 N–H and O–H groups in total. The molecule has 3 aliphatic rings. The van der Waals surface area contributed by atoms with Crippen molar-refractivity contribution in [2.75, 3.05) is 40.9 Å². The van der Waals surface area contributed by atoms with Gasteiger partial charge in [-0.05, 0) is 104 Å². The van der Waals surface area contributed by atoms with Crippen molar-refractivity contribution in [1.29, 1.82) is 0 Å². The van der Waals surface area contributed by atoms with Crippen LogP contribution in [0.15, 0.2) is 49.2 Å². The Bertz CT molecular complexity index is 2170. The van der Waals surface area contributed by atoms with E-state index >= 15 is 0 Å². The topological polar surface area (TPSA) is 237 Å². The lowest BCUT2D eigenvalue weighted by atomic mass is 9.68. The van der Waals surface area contributed by atoms with Crippen LogP contribution in [-0.2, 0) is 41.4 Å². The van der Waals surface area contributed by atoms with Crippen LogP contribution in [0.4, 0.5) is 0 Å². The monoisotopic (exact) mass is 1030 g/mol. The highest BCUT2D eigenvalue weighted by molar-refractivity contribution is 5.73. The van der Waals surface area contributed by atoms with Crippen LogP contribution < -0.4 is 4.74 Å². The van der Waals surface area contributed by atoms with Gasteiger partial charge in [0.05, 0.1) is 53.8 Å². The maximum Gasteiger partial charge on any atom is 0.309 e. The number of rotatable bonds is 15. The maximum absolute atomic E-state index is 14.6. The average molecular weight is 1030 g/mol. The minimum atomic E-state index is -1.81. The fourth-order valence-electron chi connectivity index (χ4n) is 11.8. The number of ether oxygens (including phenoxy) is 6. The molecule has 0 bridgehead atoms. The summed E-state index contributed by atoms with van der Waals surface area (Å²) in [4.78, 5) is 26.8. The van der Waals surface area contributed by atoms with Crippen LogP contribution in [0, 0.1) is 23.7 Å². The second-order valence-electron chi connectivity index (χ2n) is 22.3. The summed E-state index contributed by atoms with van der Waals surface area (Å²) in [5.74, 6) is -2.35. The third-order valence-electron chi connectivity index (χ3n) is 16.3. The highest BCUT2D eigenvalue weighted by atomic mass is 16.7. The van der Waals surface area contributed by atoms with Crippen LogP contribution in [-0.4, -0.2) is 191 Å². The first kappa shape index (κ1) is 58.5. The van der Waals surface area contributed by atoms with Crippen molar-refractivity contribution in [1.82, 2.24) is 34.8 Å². The standard InChI is InChI=1S/C54H87N7O12/c1-14-44-54(10,67)47(63)36(6)60(12)29-32(2)25-52(8,66)49(34(4)45(35(5)50(65)72-44)43-26-53(9,68-13)48(64)37(7)71-43)73-51-46(62)42(24-33(3)70-51)59(11)22-20-40-30-61(58-57-40)21-15-23-69-41-18-16-38(17-19-41)39-27-55-31-56-28-39/h16-19,27-28,30-37,42-49,51,62-64,66-67H,14-15,20-26,29H2,1-13H3/t32-,33-,34+,35-,36-,37+,42+,43?,44-,45+,46-,47-,48+,49-,51+,52-,53-,54-/m1/s1. The molecule has 0 spiro atoms. The zero-order chi connectivity index (χ0) is 53.6. The van der Waals surface area contributed by atoms with Gasteiger partial charge in [0.2, 0.25) is 0 Å². The Labute approximate surface area is 432 Å². The second kappa shape index (κ2) is 25.0. The lowest BCUT2D eigenvalue weighted by molar-refractivity contribution is -0.302. The van der Waals surface area contributed by atoms with Crippen molar-refractivity contribution >= 4 is 5.97 Å². The summed E-state index contributed by atoms with van der Waals surface area (Å²) >= 11 is 0. The van der Waals surface area contributed by atoms with Crippen LogP contribution in [0.2, 0.25) is 0 Å². The molecule has 1 aromatic carbocycles. The summed E-state index contributed by atoms with van der Waals surface area (Å²) < 4.78 is 40.0. The zero-order valence-electron chi connectivity index (χ0n) is 45.6. The molecule has 1 unspecified atom stereocenters. The molecular formula is C54H87N7O12. The number of likely N-dealkylation sites (N-methyl/N-ethyl adjacent to an activating group) is 2. The number of carbonyl (C=O) groups is 1. The Kier molecular flexibility index (Phi) is 20.0.